The summed E-state index contributed by atoms with van der Waals surface area (Å²) in [5, 5.41) is 12.0. The SMILES string of the molecule is CN(C)C(=O)c1ccc(Nc2ncnc3c2c(F)cn3C2CCN(C(=O)OC(C)(C)C#N)CC2)c(F)c1. The van der Waals surface area contributed by atoms with Crippen LogP contribution >= 0.6 is 0 Å². The lowest BCUT2D eigenvalue weighted by atomic mass is 10.1. The number of likely N-dealkylation sites (tertiary alicyclic amines) is 1. The number of carbonyl (C=O) groups is 2. The average Bonchev–Trinajstić information content (AvgIpc) is 3.21. The number of benzene rings is 1. The van der Waals surface area contributed by atoms with Gasteiger partial charge in [-0.05, 0) is 44.9 Å². The van der Waals surface area contributed by atoms with Crippen LogP contribution in [-0.4, -0.2) is 69.1 Å². The van der Waals surface area contributed by atoms with Crippen LogP contribution in [0.15, 0.2) is 30.7 Å². The van der Waals surface area contributed by atoms with Gasteiger partial charge in [0.2, 0.25) is 0 Å². The molecular weight excluding hydrogens is 484 g/mol. The highest BCUT2D eigenvalue weighted by Crippen LogP contribution is 2.33. The third kappa shape index (κ3) is 5.30. The molecule has 12 heteroatoms. The Kier molecular flexibility index (Phi) is 6.98. The fraction of sp³-hybridized carbons (Fsp3) is 0.400. The molecule has 1 aliphatic rings. The third-order valence-electron chi connectivity index (χ3n) is 6.17. The summed E-state index contributed by atoms with van der Waals surface area (Å²) in [6.07, 6.45) is 3.07. The van der Waals surface area contributed by atoms with Gasteiger partial charge in [0, 0.05) is 45.0 Å². The molecule has 3 aromatic rings. The van der Waals surface area contributed by atoms with Crippen LogP contribution < -0.4 is 5.32 Å². The van der Waals surface area contributed by atoms with Crippen LogP contribution in [0.5, 0.6) is 0 Å². The number of carbonyl (C=O) groups excluding carboxylic acids is 2. The van der Waals surface area contributed by atoms with Crippen LogP contribution in [0, 0.1) is 23.0 Å². The zero-order valence-electron chi connectivity index (χ0n) is 21.0. The molecule has 1 fully saturated rings. The smallest absolute Gasteiger partial charge is 0.411 e. The quantitative estimate of drug-likeness (QED) is 0.545. The molecule has 0 spiro atoms. The normalized spacial score (nSPS) is 14.4. The minimum absolute atomic E-state index is 0.0366. The lowest BCUT2D eigenvalue weighted by Gasteiger charge is -2.33. The van der Waals surface area contributed by atoms with Gasteiger partial charge in [-0.15, -0.1) is 0 Å². The lowest BCUT2D eigenvalue weighted by Crippen LogP contribution is -2.42. The largest absolute Gasteiger partial charge is 0.428 e. The molecule has 2 amide bonds. The average molecular weight is 512 g/mol. The number of piperidine rings is 1. The predicted molar refractivity (Wildman–Crippen MR) is 131 cm³/mol. The van der Waals surface area contributed by atoms with E-state index in [9.17, 15) is 14.0 Å². The second-order valence-electron chi connectivity index (χ2n) is 9.53. The van der Waals surface area contributed by atoms with E-state index in [-0.39, 0.29) is 34.4 Å². The van der Waals surface area contributed by atoms with E-state index in [0.717, 1.165) is 6.07 Å². The van der Waals surface area contributed by atoms with Crippen LogP contribution in [-0.2, 0) is 4.74 Å². The van der Waals surface area contributed by atoms with Crippen molar-refractivity contribution in [3.63, 3.8) is 0 Å². The van der Waals surface area contributed by atoms with Crippen LogP contribution in [0.2, 0.25) is 0 Å². The summed E-state index contributed by atoms with van der Waals surface area (Å²) in [5.41, 5.74) is -0.670. The molecular formula is C25H27F2N7O3. The Labute approximate surface area is 212 Å². The van der Waals surface area contributed by atoms with Crippen molar-refractivity contribution in [1.82, 2.24) is 24.3 Å². The van der Waals surface area contributed by atoms with Crippen molar-refractivity contribution in [3.05, 3.63) is 47.9 Å². The van der Waals surface area contributed by atoms with E-state index in [1.807, 2.05) is 6.07 Å². The summed E-state index contributed by atoms with van der Waals surface area (Å²) < 4.78 is 36.8. The maximum absolute atomic E-state index is 15.1. The highest BCUT2D eigenvalue weighted by Gasteiger charge is 2.31. The Bertz CT molecular complexity index is 1390. The summed E-state index contributed by atoms with van der Waals surface area (Å²) in [7, 11) is 3.14. The molecule has 2 aromatic heterocycles. The number of rotatable bonds is 5. The molecule has 3 heterocycles. The standard InChI is InChI=1S/C25H27F2N7O3/c1-25(2,13-28)37-24(36)33-9-7-16(8-10-33)34-12-18(27)20-21(29-14-30-22(20)34)31-19-6-5-15(11-17(19)26)23(35)32(3)4/h5-6,11-12,14,16H,7-10H2,1-4H3,(H,29,30,31). The van der Waals surface area contributed by atoms with Gasteiger partial charge in [-0.1, -0.05) is 0 Å². The first-order valence-corrected chi connectivity index (χ1v) is 11.7. The molecule has 10 nitrogen and oxygen atoms in total. The fourth-order valence-corrected chi connectivity index (χ4v) is 4.18. The Morgan fingerprint density at radius 3 is 2.51 bits per heavy atom. The summed E-state index contributed by atoms with van der Waals surface area (Å²) >= 11 is 0. The predicted octanol–water partition coefficient (Wildman–Crippen LogP) is 4.23. The molecule has 0 aliphatic carbocycles. The number of hydrogen-bond acceptors (Lipinski definition) is 7. The number of nitriles is 1. The molecule has 1 saturated heterocycles. The van der Waals surface area contributed by atoms with Crippen LogP contribution in [0.4, 0.5) is 25.1 Å². The Hall–Kier alpha value is -4.27. The first-order chi connectivity index (χ1) is 17.5. The minimum atomic E-state index is -1.23. The third-order valence-corrected chi connectivity index (χ3v) is 6.17. The van der Waals surface area contributed by atoms with Crippen LogP contribution in [0.25, 0.3) is 11.0 Å². The van der Waals surface area contributed by atoms with Crippen molar-refractivity contribution in [3.8, 4) is 6.07 Å². The van der Waals surface area contributed by atoms with Crippen LogP contribution in [0.1, 0.15) is 43.1 Å². The van der Waals surface area contributed by atoms with Gasteiger partial charge in [-0.3, -0.25) is 4.79 Å². The molecule has 1 N–H and O–H groups in total. The number of amides is 2. The maximum Gasteiger partial charge on any atom is 0.411 e. The van der Waals surface area contributed by atoms with E-state index in [4.69, 9.17) is 10.00 Å². The number of aromatic nitrogens is 3. The maximum atomic E-state index is 15.1. The van der Waals surface area contributed by atoms with E-state index in [1.54, 1.807) is 18.7 Å². The summed E-state index contributed by atoms with van der Waals surface area (Å²) in [6.45, 7) is 3.76. The monoisotopic (exact) mass is 511 g/mol. The molecule has 194 valence electrons. The molecule has 0 saturated carbocycles. The number of nitrogens with one attached hydrogen (secondary N) is 1. The number of halogens is 2. The van der Waals surface area contributed by atoms with Gasteiger partial charge in [0.05, 0.1) is 11.1 Å². The number of hydrogen-bond donors (Lipinski definition) is 1. The second-order valence-corrected chi connectivity index (χ2v) is 9.53. The molecule has 37 heavy (non-hydrogen) atoms. The van der Waals surface area contributed by atoms with Crippen molar-refractivity contribution in [1.29, 1.82) is 5.26 Å². The van der Waals surface area contributed by atoms with Gasteiger partial charge in [0.25, 0.3) is 5.91 Å². The van der Waals surface area contributed by atoms with Crippen molar-refractivity contribution in [2.24, 2.45) is 0 Å². The van der Waals surface area contributed by atoms with E-state index in [1.165, 1.54) is 48.3 Å². The van der Waals surface area contributed by atoms with Crippen molar-refractivity contribution >= 4 is 34.5 Å². The fourth-order valence-electron chi connectivity index (χ4n) is 4.18. The highest BCUT2D eigenvalue weighted by atomic mass is 19.1. The molecule has 0 bridgehead atoms. The van der Waals surface area contributed by atoms with Gasteiger partial charge in [0.1, 0.15) is 29.7 Å². The summed E-state index contributed by atoms with van der Waals surface area (Å²) in [4.78, 5) is 35.7. The zero-order valence-corrected chi connectivity index (χ0v) is 21.0. The van der Waals surface area contributed by atoms with Gasteiger partial charge in [-0.25, -0.2) is 23.5 Å². The summed E-state index contributed by atoms with van der Waals surface area (Å²) in [6, 6.07) is 5.78. The molecule has 0 atom stereocenters. The van der Waals surface area contributed by atoms with E-state index in [0.29, 0.717) is 31.6 Å². The van der Waals surface area contributed by atoms with Crippen molar-refractivity contribution < 1.29 is 23.1 Å². The van der Waals surface area contributed by atoms with Crippen molar-refractivity contribution in [2.75, 3.05) is 32.5 Å². The minimum Gasteiger partial charge on any atom is -0.428 e. The molecule has 0 radical (unpaired) electrons. The first-order valence-electron chi connectivity index (χ1n) is 11.7. The highest BCUT2D eigenvalue weighted by molar-refractivity contribution is 5.95. The number of nitrogens with zero attached hydrogens (tertiary/aromatic N) is 6. The number of ether oxygens (including phenoxy) is 1. The Balaban J connectivity index is 1.53. The van der Waals surface area contributed by atoms with Crippen molar-refractivity contribution in [2.45, 2.75) is 38.3 Å². The van der Waals surface area contributed by atoms with E-state index >= 15 is 4.39 Å². The number of anilines is 2. The topological polar surface area (TPSA) is 116 Å². The van der Waals surface area contributed by atoms with Gasteiger partial charge in [-0.2, -0.15) is 5.26 Å². The molecule has 0 unspecified atom stereocenters. The van der Waals surface area contributed by atoms with Gasteiger partial charge in [0.15, 0.2) is 11.4 Å². The lowest BCUT2D eigenvalue weighted by molar-refractivity contribution is 0.0374. The number of fused-ring (bicyclic) bond motifs is 1. The summed E-state index contributed by atoms with van der Waals surface area (Å²) in [5.74, 6) is -1.51. The Morgan fingerprint density at radius 1 is 1.19 bits per heavy atom. The first kappa shape index (κ1) is 25.8. The molecule has 1 aromatic carbocycles. The second kappa shape index (κ2) is 10.0. The molecule has 4 rings (SSSR count). The van der Waals surface area contributed by atoms with Gasteiger partial charge < -0.3 is 24.4 Å². The van der Waals surface area contributed by atoms with Gasteiger partial charge >= 0.3 is 6.09 Å². The Morgan fingerprint density at radius 2 is 1.89 bits per heavy atom. The zero-order chi connectivity index (χ0) is 26.9. The molecule has 1 aliphatic heterocycles. The van der Waals surface area contributed by atoms with E-state index < -0.39 is 23.3 Å². The van der Waals surface area contributed by atoms with Crippen LogP contribution in [0.3, 0.4) is 0 Å². The van der Waals surface area contributed by atoms with E-state index in [2.05, 4.69) is 15.3 Å².